The Balaban J connectivity index is 1.87. The van der Waals surface area contributed by atoms with Gasteiger partial charge in [-0.1, -0.05) is 11.8 Å². The number of hydrogen-bond donors (Lipinski definition) is 3. The van der Waals surface area contributed by atoms with E-state index in [1.165, 1.54) is 23.7 Å². The zero-order chi connectivity index (χ0) is 17.6. The quantitative estimate of drug-likeness (QED) is 0.314. The molecule has 12 heteroatoms. The van der Waals surface area contributed by atoms with Crippen LogP contribution in [0.2, 0.25) is 0 Å². The number of aliphatic carboxylic acids is 1. The number of H-pyrrole nitrogens is 1. The molecule has 2 atom stereocenters. The highest BCUT2D eigenvalue weighted by Crippen LogP contribution is 2.40. The number of thioether (sulfide) groups is 2. The molecule has 0 spiro atoms. The Morgan fingerprint density at radius 1 is 1.50 bits per heavy atom. The number of β-lactam (4-membered cyclic amide) rings is 1. The fourth-order valence-corrected chi connectivity index (χ4v) is 4.78. The second kappa shape index (κ2) is 6.11. The van der Waals surface area contributed by atoms with Crippen molar-refractivity contribution >= 4 is 35.4 Å². The van der Waals surface area contributed by atoms with E-state index in [1.807, 2.05) is 0 Å². The number of hydrogen-bond acceptors (Lipinski definition) is 8. The maximum Gasteiger partial charge on any atom is 0.352 e. The number of rotatable bonds is 4. The molecule has 0 radical (unpaired) electrons. The van der Waals surface area contributed by atoms with Gasteiger partial charge in [0, 0.05) is 18.6 Å². The molecule has 1 amide bonds. The number of carboxylic acid groups (broad SMARTS) is 1. The van der Waals surface area contributed by atoms with Gasteiger partial charge in [0.2, 0.25) is 5.91 Å². The van der Waals surface area contributed by atoms with E-state index >= 15 is 0 Å². The molecule has 0 bridgehead atoms. The number of amides is 1. The van der Waals surface area contributed by atoms with Gasteiger partial charge in [0.1, 0.15) is 17.1 Å². The molecular weight excluding hydrogens is 358 g/mol. The Labute approximate surface area is 143 Å². The molecule has 0 saturated carbocycles. The molecule has 128 valence electrons. The van der Waals surface area contributed by atoms with Crippen molar-refractivity contribution in [2.45, 2.75) is 16.6 Å². The first-order valence-electron chi connectivity index (χ1n) is 6.77. The molecule has 1 aromatic rings. The minimum atomic E-state index is -1.19. The number of nitrogens with one attached hydrogen (secondary N) is 1. The van der Waals surface area contributed by atoms with Crippen LogP contribution in [-0.2, 0) is 16.6 Å². The molecule has 0 aromatic carbocycles. The standard InChI is InChI=1S/C12H13N5O5S2/c1-16-9(20)7(18)14-15-12(16)24-3-4-2-23-10-5(13)8(19)17(10)6(4)11(21)22/h5,10H,2-3,13H2,1H3,(H,14,18)(H,21,22)/t5-,10+/m1/s1. The number of fused-ring (bicyclic) bond motifs is 1. The highest BCUT2D eigenvalue weighted by Gasteiger charge is 2.51. The topological polar surface area (TPSA) is 151 Å². The van der Waals surface area contributed by atoms with Crippen LogP contribution in [0.5, 0.6) is 0 Å². The SMILES string of the molecule is Cn1c(SCC2=C(C(=O)O)N3C(=O)[C@@H](N)[C@@H]3SC2)n[nH]c(=O)c1=O. The maximum absolute atomic E-state index is 11.9. The molecule has 3 heterocycles. The summed E-state index contributed by atoms with van der Waals surface area (Å²) in [6.45, 7) is 0. The summed E-state index contributed by atoms with van der Waals surface area (Å²) in [7, 11) is 1.41. The van der Waals surface area contributed by atoms with Crippen molar-refractivity contribution in [3.63, 3.8) is 0 Å². The molecule has 4 N–H and O–H groups in total. The third-order valence-corrected chi connectivity index (χ3v) is 6.18. The van der Waals surface area contributed by atoms with Gasteiger partial charge in [-0.05, 0) is 5.57 Å². The van der Waals surface area contributed by atoms with E-state index in [2.05, 4.69) is 10.2 Å². The Hall–Kier alpha value is -2.05. The third-order valence-electron chi connectivity index (χ3n) is 3.71. The van der Waals surface area contributed by atoms with E-state index in [0.29, 0.717) is 11.3 Å². The van der Waals surface area contributed by atoms with Crippen molar-refractivity contribution in [2.24, 2.45) is 12.8 Å². The van der Waals surface area contributed by atoms with Gasteiger partial charge in [0.25, 0.3) is 0 Å². The second-order valence-corrected chi connectivity index (χ2v) is 7.23. The maximum atomic E-state index is 11.9. The smallest absolute Gasteiger partial charge is 0.352 e. The van der Waals surface area contributed by atoms with Gasteiger partial charge in [-0.2, -0.15) is 0 Å². The summed E-state index contributed by atoms with van der Waals surface area (Å²) in [4.78, 5) is 47.4. The van der Waals surface area contributed by atoms with Gasteiger partial charge < -0.3 is 10.8 Å². The number of carboxylic acids is 1. The lowest BCUT2D eigenvalue weighted by Crippen LogP contribution is -2.68. The fraction of sp³-hybridized carbons (Fsp3) is 0.417. The molecule has 24 heavy (non-hydrogen) atoms. The van der Waals surface area contributed by atoms with Gasteiger partial charge in [-0.25, -0.2) is 9.89 Å². The average Bonchev–Trinajstić information content (AvgIpc) is 2.57. The van der Waals surface area contributed by atoms with Gasteiger partial charge >= 0.3 is 17.1 Å². The van der Waals surface area contributed by atoms with Gasteiger partial charge in [0.05, 0.1) is 0 Å². The second-order valence-electron chi connectivity index (χ2n) is 5.18. The minimum Gasteiger partial charge on any atom is -0.477 e. The number of nitrogens with two attached hydrogens (primary N) is 1. The van der Waals surface area contributed by atoms with Crippen LogP contribution in [-0.4, -0.2) is 59.6 Å². The van der Waals surface area contributed by atoms with Crippen LogP contribution in [0, 0.1) is 0 Å². The Morgan fingerprint density at radius 2 is 2.21 bits per heavy atom. The normalized spacial score (nSPS) is 23.1. The van der Waals surface area contributed by atoms with E-state index in [1.54, 1.807) is 0 Å². The fourth-order valence-electron chi connectivity index (χ4n) is 2.43. The molecule has 2 aliphatic heterocycles. The summed E-state index contributed by atoms with van der Waals surface area (Å²) >= 11 is 2.50. The molecule has 0 aliphatic carbocycles. The largest absolute Gasteiger partial charge is 0.477 e. The van der Waals surface area contributed by atoms with E-state index in [4.69, 9.17) is 5.73 Å². The highest BCUT2D eigenvalue weighted by molar-refractivity contribution is 8.01. The Bertz CT molecular complexity index is 875. The van der Waals surface area contributed by atoms with E-state index < -0.39 is 29.0 Å². The van der Waals surface area contributed by atoms with Crippen LogP contribution >= 0.6 is 23.5 Å². The van der Waals surface area contributed by atoms with Crippen molar-refractivity contribution in [3.8, 4) is 0 Å². The Kier molecular flexibility index (Phi) is 4.27. The van der Waals surface area contributed by atoms with E-state index in [-0.39, 0.29) is 22.0 Å². The first-order chi connectivity index (χ1) is 11.3. The average molecular weight is 371 g/mol. The molecule has 1 aromatic heterocycles. The summed E-state index contributed by atoms with van der Waals surface area (Å²) in [5.41, 5.74) is 4.58. The first kappa shape index (κ1) is 16.8. The summed E-state index contributed by atoms with van der Waals surface area (Å²) in [6, 6.07) is -0.680. The predicted octanol–water partition coefficient (Wildman–Crippen LogP) is -1.86. The molecule has 1 saturated heterocycles. The van der Waals surface area contributed by atoms with Crippen LogP contribution in [0.25, 0.3) is 0 Å². The van der Waals surface area contributed by atoms with Gasteiger partial charge in [-0.3, -0.25) is 23.9 Å². The van der Waals surface area contributed by atoms with Crippen LogP contribution in [0.15, 0.2) is 26.0 Å². The van der Waals surface area contributed by atoms with E-state index in [0.717, 1.165) is 16.3 Å². The number of aromatic nitrogens is 3. The molecule has 0 unspecified atom stereocenters. The monoisotopic (exact) mass is 371 g/mol. The van der Waals surface area contributed by atoms with Crippen molar-refractivity contribution in [2.75, 3.05) is 11.5 Å². The van der Waals surface area contributed by atoms with Crippen molar-refractivity contribution in [1.29, 1.82) is 0 Å². The van der Waals surface area contributed by atoms with Crippen molar-refractivity contribution in [3.05, 3.63) is 32.0 Å². The van der Waals surface area contributed by atoms with Crippen LogP contribution < -0.4 is 16.9 Å². The van der Waals surface area contributed by atoms with Gasteiger partial charge in [0.15, 0.2) is 5.16 Å². The summed E-state index contributed by atoms with van der Waals surface area (Å²) in [5, 5.41) is 15.2. The molecule has 2 aliphatic rings. The molecule has 1 fully saturated rings. The molecular formula is C12H13N5O5S2. The lowest BCUT2D eigenvalue weighted by atomic mass is 10.0. The first-order valence-corrected chi connectivity index (χ1v) is 8.80. The zero-order valence-corrected chi connectivity index (χ0v) is 14.0. The third kappa shape index (κ3) is 2.56. The minimum absolute atomic E-state index is 0.0626. The Morgan fingerprint density at radius 3 is 2.88 bits per heavy atom. The highest BCUT2D eigenvalue weighted by atomic mass is 32.2. The zero-order valence-electron chi connectivity index (χ0n) is 12.4. The number of nitrogens with zero attached hydrogens (tertiary/aromatic N) is 3. The number of carbonyl (C=O) groups is 2. The van der Waals surface area contributed by atoms with Crippen molar-refractivity contribution in [1.82, 2.24) is 19.7 Å². The van der Waals surface area contributed by atoms with Crippen molar-refractivity contribution < 1.29 is 14.7 Å². The summed E-state index contributed by atoms with van der Waals surface area (Å²) in [5.74, 6) is -0.984. The summed E-state index contributed by atoms with van der Waals surface area (Å²) in [6.07, 6.45) is 0. The molecule has 10 nitrogen and oxygen atoms in total. The lowest BCUT2D eigenvalue weighted by molar-refractivity contribution is -0.147. The summed E-state index contributed by atoms with van der Waals surface area (Å²) < 4.78 is 1.09. The molecule has 3 rings (SSSR count). The number of aromatic amines is 1. The van der Waals surface area contributed by atoms with E-state index in [9.17, 15) is 24.3 Å². The van der Waals surface area contributed by atoms with Crippen LogP contribution in [0.3, 0.4) is 0 Å². The van der Waals surface area contributed by atoms with Gasteiger partial charge in [-0.15, -0.1) is 16.9 Å². The predicted molar refractivity (Wildman–Crippen MR) is 86.6 cm³/mol. The van der Waals surface area contributed by atoms with Crippen LogP contribution in [0.4, 0.5) is 0 Å². The number of carbonyl (C=O) groups excluding carboxylic acids is 1. The van der Waals surface area contributed by atoms with Crippen LogP contribution in [0.1, 0.15) is 0 Å². The lowest BCUT2D eigenvalue weighted by Gasteiger charge is -2.48.